The maximum Gasteiger partial charge on any atom is 0.346 e. The minimum absolute atomic E-state index is 0.350. The fraction of sp³-hybridized carbons (Fsp3) is 0.360. The van der Waals surface area contributed by atoms with Gasteiger partial charge in [0.2, 0.25) is 0 Å². The summed E-state index contributed by atoms with van der Waals surface area (Å²) < 4.78 is 26.9. The van der Waals surface area contributed by atoms with Crippen LogP contribution in [0.3, 0.4) is 0 Å². The number of nitrogens with zero attached hydrogens (tertiary/aromatic N) is 5. The number of fused-ring (bicyclic) bond motifs is 1. The van der Waals surface area contributed by atoms with Gasteiger partial charge in [0.15, 0.2) is 0 Å². The van der Waals surface area contributed by atoms with E-state index < -0.39 is 5.97 Å². The van der Waals surface area contributed by atoms with Crippen molar-refractivity contribution in [3.8, 4) is 95.5 Å². The van der Waals surface area contributed by atoms with Crippen molar-refractivity contribution in [3.63, 3.8) is 0 Å². The number of unbranched alkanes of at least 4 members (excludes halogenated alkanes) is 4. The lowest BCUT2D eigenvalue weighted by Crippen LogP contribution is -2.13. The summed E-state index contributed by atoms with van der Waals surface area (Å²) in [7, 11) is 0. The van der Waals surface area contributed by atoms with Crippen LogP contribution in [0.25, 0.3) is 83.6 Å². The number of carbonyl (C=O) groups is 1. The van der Waals surface area contributed by atoms with Crippen LogP contribution in [0.1, 0.15) is 163 Å². The quantitative estimate of drug-likeness (QED) is 0.0291. The van der Waals surface area contributed by atoms with E-state index in [-0.39, 0.29) is 5.57 Å². The van der Waals surface area contributed by atoms with Gasteiger partial charge in [-0.25, -0.2) is 14.8 Å². The van der Waals surface area contributed by atoms with Gasteiger partial charge in [-0.15, -0.1) is 11.3 Å². The van der Waals surface area contributed by atoms with Crippen LogP contribution in [0, 0.1) is 35.0 Å². The summed E-state index contributed by atoms with van der Waals surface area (Å²) in [5, 5.41) is 19.4. The molecule has 0 aliphatic carbocycles. The number of rotatable bonds is 39. The van der Waals surface area contributed by atoms with Crippen molar-refractivity contribution in [3.05, 3.63) is 199 Å². The molecule has 0 spiro atoms. The Morgan fingerprint density at radius 1 is 0.465 bits per heavy atom. The first-order valence-corrected chi connectivity index (χ1v) is 38.0. The number of nitriles is 1. The zero-order chi connectivity index (χ0) is 70.9. The summed E-state index contributed by atoms with van der Waals surface area (Å²) in [4.78, 5) is 32.0. The van der Waals surface area contributed by atoms with Gasteiger partial charge in [-0.3, -0.25) is 4.98 Å². The summed E-state index contributed by atoms with van der Waals surface area (Å²) >= 11 is 1.36. The molecule has 1 N–H and O–H groups in total. The summed E-state index contributed by atoms with van der Waals surface area (Å²) in [5.41, 5.74) is 13.3. The molecule has 10 rings (SSSR count). The van der Waals surface area contributed by atoms with E-state index in [0.29, 0.717) is 83.1 Å². The lowest BCUT2D eigenvalue weighted by molar-refractivity contribution is -0.132. The van der Waals surface area contributed by atoms with Gasteiger partial charge in [-0.2, -0.15) is 5.26 Å². The van der Waals surface area contributed by atoms with E-state index in [2.05, 4.69) is 182 Å². The summed E-state index contributed by atoms with van der Waals surface area (Å²) in [6.07, 6.45) is 21.5. The van der Waals surface area contributed by atoms with Crippen molar-refractivity contribution in [2.24, 2.45) is 23.7 Å². The Morgan fingerprint density at radius 2 is 0.861 bits per heavy atom. The van der Waals surface area contributed by atoms with E-state index in [4.69, 9.17) is 33.9 Å². The van der Waals surface area contributed by atoms with Crippen LogP contribution in [-0.4, -0.2) is 52.5 Å². The van der Waals surface area contributed by atoms with E-state index in [1.165, 1.54) is 55.9 Å². The topological polar surface area (TPSA) is 140 Å². The van der Waals surface area contributed by atoms with Gasteiger partial charge in [0.25, 0.3) is 0 Å². The first-order chi connectivity index (χ1) is 49.5. The fourth-order valence-corrected chi connectivity index (χ4v) is 14.0. The maximum atomic E-state index is 11.9. The number of aromatic nitrogens is 3. The van der Waals surface area contributed by atoms with Crippen molar-refractivity contribution in [2.75, 3.05) is 31.3 Å². The Labute approximate surface area is 604 Å². The van der Waals surface area contributed by atoms with Crippen LogP contribution >= 0.6 is 11.3 Å². The Morgan fingerprint density at radius 3 is 1.26 bits per heavy atom. The average molecular weight is 1370 g/mol. The summed E-state index contributed by atoms with van der Waals surface area (Å²) in [6.45, 7) is 20.7. The SMILES string of the molecule is CCCCC(CC)COc1ccc(-c2ccc(N(c3ccc(-c4ccc(OCC(CC)CCCC)cc4OCC(CC)CCCC)cc3)c3ccc(-c4ncc(-c5ccc(/C=C(\C#N)C(=O)O)s5)c5nc(-c6ccccc6)c(-c6ccccc6)nc45)cc3)cc2)c(OCC(CC)CCCC)c1. The van der Waals surface area contributed by atoms with Crippen LogP contribution < -0.4 is 23.8 Å². The van der Waals surface area contributed by atoms with Crippen LogP contribution in [0.15, 0.2) is 194 Å². The number of hydrogen-bond donors (Lipinski definition) is 1. The average Bonchev–Trinajstić information content (AvgIpc) is 1.54. The number of ether oxygens (including phenoxy) is 4. The molecule has 0 fully saturated rings. The number of benzene rings is 7. The molecule has 101 heavy (non-hydrogen) atoms. The summed E-state index contributed by atoms with van der Waals surface area (Å²) in [6, 6.07) is 64.6. The molecule has 10 aromatic rings. The molecule has 0 saturated carbocycles. The van der Waals surface area contributed by atoms with Gasteiger partial charge >= 0.3 is 5.97 Å². The molecular formula is C89H101N5O6S. The van der Waals surface area contributed by atoms with Crippen LogP contribution in [0.5, 0.6) is 23.0 Å². The second kappa shape index (κ2) is 37.7. The van der Waals surface area contributed by atoms with Crippen LogP contribution in [0.2, 0.25) is 0 Å². The predicted molar refractivity (Wildman–Crippen MR) is 419 cm³/mol. The smallest absolute Gasteiger partial charge is 0.346 e. The van der Waals surface area contributed by atoms with E-state index in [9.17, 15) is 15.2 Å². The third-order valence-electron chi connectivity index (χ3n) is 19.6. The lowest BCUT2D eigenvalue weighted by atomic mass is 9.99. The molecule has 3 aromatic heterocycles. The van der Waals surface area contributed by atoms with Crippen molar-refractivity contribution in [1.82, 2.24) is 15.0 Å². The highest BCUT2D eigenvalue weighted by Crippen LogP contribution is 2.44. The standard InChI is InChI=1S/C89H101N5O6S/c1-9-17-27-62(13-5)58-97-75-47-50-78(81(54-75)99-60-64(15-7)29-19-11-3)66-35-41-72(42-36-66)94(73-43-37-67(38-44-73)79-51-48-76(98-59-63(14-6)28-18-10-2)55-82(79)100-61-65(16-8)30-20-12-4)74-45-39-70(40-46-74)84-88-87(80(57-91-84)83-52-49-77(101-83)53-71(56-90)89(95)96)92-85(68-31-23-21-24-32-68)86(93-88)69-33-25-22-26-34-69/h21-26,31-55,57,62-65H,9-20,27-30,58-61H2,1-8H3,(H,95,96)/b71-53+. The minimum Gasteiger partial charge on any atom is -0.493 e. The van der Waals surface area contributed by atoms with E-state index in [0.717, 1.165) is 154 Å². The van der Waals surface area contributed by atoms with Crippen LogP contribution in [0.4, 0.5) is 17.1 Å². The second-order valence-electron chi connectivity index (χ2n) is 26.7. The first kappa shape index (κ1) is 74.1. The molecule has 12 heteroatoms. The Balaban J connectivity index is 1.08. The van der Waals surface area contributed by atoms with Gasteiger partial charge in [-0.05, 0) is 139 Å². The Kier molecular flexibility index (Phi) is 27.7. The number of hydrogen-bond acceptors (Lipinski definition) is 11. The zero-order valence-corrected chi connectivity index (χ0v) is 61.4. The molecule has 4 atom stereocenters. The van der Waals surface area contributed by atoms with Crippen molar-refractivity contribution < 1.29 is 28.8 Å². The molecule has 0 aliphatic heterocycles. The first-order valence-electron chi connectivity index (χ1n) is 37.2. The molecule has 4 unspecified atom stereocenters. The number of anilines is 3. The molecule has 0 radical (unpaired) electrons. The fourth-order valence-electron chi connectivity index (χ4n) is 13.0. The van der Waals surface area contributed by atoms with Gasteiger partial charge in [0, 0.05) is 78.5 Å². The zero-order valence-electron chi connectivity index (χ0n) is 60.6. The van der Waals surface area contributed by atoms with E-state index in [1.54, 1.807) is 0 Å². The molecule has 524 valence electrons. The molecular weight excluding hydrogens is 1270 g/mol. The van der Waals surface area contributed by atoms with Gasteiger partial charge in [0.05, 0.1) is 43.5 Å². The highest BCUT2D eigenvalue weighted by Gasteiger charge is 2.24. The Bertz CT molecular complexity index is 4190. The minimum atomic E-state index is -1.28. The normalized spacial score (nSPS) is 12.7. The summed E-state index contributed by atoms with van der Waals surface area (Å²) in [5.74, 6) is 3.94. The van der Waals surface area contributed by atoms with Gasteiger partial charge in [0.1, 0.15) is 45.7 Å². The third-order valence-corrected chi connectivity index (χ3v) is 20.7. The second-order valence-corrected chi connectivity index (χ2v) is 27.9. The predicted octanol–water partition coefficient (Wildman–Crippen LogP) is 24.9. The monoisotopic (exact) mass is 1370 g/mol. The number of carboxylic acid groups (broad SMARTS) is 1. The van der Waals surface area contributed by atoms with Crippen molar-refractivity contribution in [2.45, 2.75) is 158 Å². The number of pyridine rings is 1. The molecule has 0 saturated heterocycles. The van der Waals surface area contributed by atoms with E-state index >= 15 is 0 Å². The molecule has 7 aromatic carbocycles. The Hall–Kier alpha value is -9.57. The van der Waals surface area contributed by atoms with Crippen LogP contribution in [-0.2, 0) is 4.79 Å². The maximum absolute atomic E-state index is 11.9. The highest BCUT2D eigenvalue weighted by molar-refractivity contribution is 7.16. The largest absolute Gasteiger partial charge is 0.493 e. The molecule has 0 bridgehead atoms. The molecule has 3 heterocycles. The number of aliphatic carboxylic acids is 1. The number of carboxylic acids is 1. The highest BCUT2D eigenvalue weighted by atomic mass is 32.1. The number of thiophene rings is 1. The van der Waals surface area contributed by atoms with Gasteiger partial charge in [-0.1, -0.05) is 230 Å². The van der Waals surface area contributed by atoms with Crippen molar-refractivity contribution >= 4 is 51.5 Å². The molecule has 0 aliphatic rings. The molecule has 0 amide bonds. The van der Waals surface area contributed by atoms with Crippen molar-refractivity contribution in [1.29, 1.82) is 5.26 Å². The van der Waals surface area contributed by atoms with E-state index in [1.807, 2.05) is 72.9 Å². The third kappa shape index (κ3) is 19.5. The molecule has 11 nitrogen and oxygen atoms in total. The lowest BCUT2D eigenvalue weighted by Gasteiger charge is -2.26. The van der Waals surface area contributed by atoms with Gasteiger partial charge < -0.3 is 29.0 Å².